The van der Waals surface area contributed by atoms with Crippen molar-refractivity contribution in [2.75, 3.05) is 26.8 Å². The molecule has 0 amide bonds. The third-order valence-corrected chi connectivity index (χ3v) is 3.59. The lowest BCUT2D eigenvalue weighted by molar-refractivity contribution is 0.0959. The molecule has 0 aromatic rings. The number of rotatable bonds is 3. The number of methoxy groups -OCH3 is 1. The van der Waals surface area contributed by atoms with Gasteiger partial charge in [0.1, 0.15) is 0 Å². The SMILES string of the molecule is COCC(C)N1CCC2CCC(C1)N2. The van der Waals surface area contributed by atoms with Gasteiger partial charge in [0.05, 0.1) is 6.61 Å². The third kappa shape index (κ3) is 2.27. The Balaban J connectivity index is 1.88. The molecular formula is C11H22N2O. The molecule has 3 heteroatoms. The molecule has 1 N–H and O–H groups in total. The summed E-state index contributed by atoms with van der Waals surface area (Å²) in [5, 5.41) is 3.70. The standard InChI is InChI=1S/C11H22N2O/c1-9(8-14-2)13-6-5-10-3-4-11(7-13)12-10/h9-12H,3-8H2,1-2H3. The highest BCUT2D eigenvalue weighted by Gasteiger charge is 2.30. The van der Waals surface area contributed by atoms with E-state index in [9.17, 15) is 0 Å². The highest BCUT2D eigenvalue weighted by Crippen LogP contribution is 2.21. The lowest BCUT2D eigenvalue weighted by Crippen LogP contribution is -2.42. The molecule has 14 heavy (non-hydrogen) atoms. The van der Waals surface area contributed by atoms with Gasteiger partial charge in [0.25, 0.3) is 0 Å². The van der Waals surface area contributed by atoms with Gasteiger partial charge in [-0.3, -0.25) is 4.90 Å². The summed E-state index contributed by atoms with van der Waals surface area (Å²) in [5.41, 5.74) is 0. The molecule has 2 heterocycles. The quantitative estimate of drug-likeness (QED) is 0.727. The van der Waals surface area contributed by atoms with Crippen LogP contribution in [0.25, 0.3) is 0 Å². The molecule has 0 saturated carbocycles. The minimum absolute atomic E-state index is 0.571. The van der Waals surface area contributed by atoms with Crippen LogP contribution in [-0.4, -0.2) is 49.8 Å². The second-order valence-corrected chi connectivity index (χ2v) is 4.73. The second kappa shape index (κ2) is 4.60. The van der Waals surface area contributed by atoms with Crippen LogP contribution in [0, 0.1) is 0 Å². The molecule has 0 aromatic heterocycles. The van der Waals surface area contributed by atoms with Crippen LogP contribution < -0.4 is 5.32 Å². The smallest absolute Gasteiger partial charge is 0.0615 e. The first kappa shape index (κ1) is 10.4. The van der Waals surface area contributed by atoms with Gasteiger partial charge in [-0.2, -0.15) is 0 Å². The Morgan fingerprint density at radius 1 is 1.36 bits per heavy atom. The fraction of sp³-hybridized carbons (Fsp3) is 1.00. The van der Waals surface area contributed by atoms with E-state index in [4.69, 9.17) is 4.74 Å². The molecule has 2 aliphatic rings. The van der Waals surface area contributed by atoms with Gasteiger partial charge in [-0.15, -0.1) is 0 Å². The zero-order valence-corrected chi connectivity index (χ0v) is 9.33. The van der Waals surface area contributed by atoms with Gasteiger partial charge in [-0.1, -0.05) is 0 Å². The molecule has 82 valence electrons. The van der Waals surface area contributed by atoms with E-state index in [1.54, 1.807) is 7.11 Å². The summed E-state index contributed by atoms with van der Waals surface area (Å²) in [7, 11) is 1.79. The average molecular weight is 198 g/mol. The Bertz CT molecular complexity index is 186. The lowest BCUT2D eigenvalue weighted by Gasteiger charge is -2.29. The molecule has 0 radical (unpaired) electrons. The fourth-order valence-corrected chi connectivity index (χ4v) is 2.72. The number of nitrogens with zero attached hydrogens (tertiary/aromatic N) is 1. The van der Waals surface area contributed by atoms with Gasteiger partial charge in [-0.05, 0) is 26.2 Å². The van der Waals surface area contributed by atoms with Crippen molar-refractivity contribution in [2.45, 2.75) is 44.3 Å². The van der Waals surface area contributed by atoms with Crippen LogP contribution in [0.4, 0.5) is 0 Å². The first-order valence-electron chi connectivity index (χ1n) is 5.78. The van der Waals surface area contributed by atoms with Gasteiger partial charge in [0, 0.05) is 38.3 Å². The van der Waals surface area contributed by atoms with E-state index < -0.39 is 0 Å². The minimum Gasteiger partial charge on any atom is -0.383 e. The van der Waals surface area contributed by atoms with Crippen molar-refractivity contribution >= 4 is 0 Å². The van der Waals surface area contributed by atoms with Crippen LogP contribution in [-0.2, 0) is 4.74 Å². The normalized spacial score (nSPS) is 35.6. The summed E-state index contributed by atoms with van der Waals surface area (Å²) in [6.07, 6.45) is 4.06. The molecule has 0 aromatic carbocycles. The number of likely N-dealkylation sites (tertiary alicyclic amines) is 1. The van der Waals surface area contributed by atoms with Crippen molar-refractivity contribution < 1.29 is 4.74 Å². The lowest BCUT2D eigenvalue weighted by atomic mass is 10.1. The molecule has 0 aliphatic carbocycles. The van der Waals surface area contributed by atoms with Crippen molar-refractivity contribution in [3.63, 3.8) is 0 Å². The summed E-state index contributed by atoms with van der Waals surface area (Å²) in [6.45, 7) is 5.57. The number of hydrogen-bond acceptors (Lipinski definition) is 3. The summed E-state index contributed by atoms with van der Waals surface area (Å²) < 4.78 is 5.22. The van der Waals surface area contributed by atoms with E-state index >= 15 is 0 Å². The van der Waals surface area contributed by atoms with Crippen LogP contribution in [0.1, 0.15) is 26.2 Å². The highest BCUT2D eigenvalue weighted by atomic mass is 16.5. The van der Waals surface area contributed by atoms with E-state index in [0.29, 0.717) is 6.04 Å². The maximum atomic E-state index is 5.22. The van der Waals surface area contributed by atoms with Crippen molar-refractivity contribution in [1.29, 1.82) is 0 Å². The highest BCUT2D eigenvalue weighted by molar-refractivity contribution is 4.90. The van der Waals surface area contributed by atoms with Gasteiger partial charge in [-0.25, -0.2) is 0 Å². The number of ether oxygens (including phenoxy) is 1. The summed E-state index contributed by atoms with van der Waals surface area (Å²) >= 11 is 0. The van der Waals surface area contributed by atoms with Crippen LogP contribution >= 0.6 is 0 Å². The molecule has 2 fully saturated rings. The first-order valence-corrected chi connectivity index (χ1v) is 5.78. The Kier molecular flexibility index (Phi) is 3.42. The van der Waals surface area contributed by atoms with E-state index in [2.05, 4.69) is 17.1 Å². The van der Waals surface area contributed by atoms with Crippen molar-refractivity contribution in [3.8, 4) is 0 Å². The average Bonchev–Trinajstić information content (AvgIpc) is 2.46. The molecule has 0 spiro atoms. The van der Waals surface area contributed by atoms with Crippen molar-refractivity contribution in [2.24, 2.45) is 0 Å². The van der Waals surface area contributed by atoms with Gasteiger partial charge >= 0.3 is 0 Å². The maximum absolute atomic E-state index is 5.22. The predicted octanol–water partition coefficient (Wildman–Crippen LogP) is 0.848. The van der Waals surface area contributed by atoms with Crippen molar-refractivity contribution in [3.05, 3.63) is 0 Å². The van der Waals surface area contributed by atoms with E-state index in [0.717, 1.165) is 18.7 Å². The van der Waals surface area contributed by atoms with E-state index in [1.807, 2.05) is 0 Å². The molecule has 2 saturated heterocycles. The van der Waals surface area contributed by atoms with Crippen LogP contribution in [0.2, 0.25) is 0 Å². The van der Waals surface area contributed by atoms with Crippen LogP contribution in [0.5, 0.6) is 0 Å². The number of hydrogen-bond donors (Lipinski definition) is 1. The summed E-state index contributed by atoms with van der Waals surface area (Å²) in [4.78, 5) is 2.57. The minimum atomic E-state index is 0.571. The number of nitrogens with one attached hydrogen (secondary N) is 1. The zero-order valence-electron chi connectivity index (χ0n) is 9.33. The predicted molar refractivity (Wildman–Crippen MR) is 57.5 cm³/mol. The molecule has 2 rings (SSSR count). The Hall–Kier alpha value is -0.120. The number of fused-ring (bicyclic) bond motifs is 2. The van der Waals surface area contributed by atoms with Gasteiger partial charge in [0.2, 0.25) is 0 Å². The zero-order chi connectivity index (χ0) is 9.97. The van der Waals surface area contributed by atoms with Crippen LogP contribution in [0.3, 0.4) is 0 Å². The van der Waals surface area contributed by atoms with Crippen molar-refractivity contribution in [1.82, 2.24) is 10.2 Å². The van der Waals surface area contributed by atoms with Crippen LogP contribution in [0.15, 0.2) is 0 Å². The molecule has 3 atom stereocenters. The molecule has 3 unspecified atom stereocenters. The molecule has 3 nitrogen and oxygen atoms in total. The van der Waals surface area contributed by atoms with Gasteiger partial charge in [0.15, 0.2) is 0 Å². The molecule has 2 bridgehead atoms. The summed E-state index contributed by atoms with van der Waals surface area (Å²) in [5.74, 6) is 0. The summed E-state index contributed by atoms with van der Waals surface area (Å²) in [6, 6.07) is 2.10. The van der Waals surface area contributed by atoms with E-state index in [-0.39, 0.29) is 0 Å². The van der Waals surface area contributed by atoms with E-state index in [1.165, 1.54) is 32.4 Å². The monoisotopic (exact) mass is 198 g/mol. The largest absolute Gasteiger partial charge is 0.383 e. The Morgan fingerprint density at radius 3 is 2.93 bits per heavy atom. The van der Waals surface area contributed by atoms with Gasteiger partial charge < -0.3 is 10.1 Å². The topological polar surface area (TPSA) is 24.5 Å². The fourth-order valence-electron chi connectivity index (χ4n) is 2.72. The first-order chi connectivity index (χ1) is 6.79. The molecular weight excluding hydrogens is 176 g/mol. The Morgan fingerprint density at radius 2 is 2.14 bits per heavy atom. The second-order valence-electron chi connectivity index (χ2n) is 4.73. The molecule has 2 aliphatic heterocycles. The maximum Gasteiger partial charge on any atom is 0.0615 e. The Labute approximate surface area is 86.8 Å². The third-order valence-electron chi connectivity index (χ3n) is 3.59.